The van der Waals surface area contributed by atoms with E-state index in [4.69, 9.17) is 11.6 Å². The summed E-state index contributed by atoms with van der Waals surface area (Å²) in [5.74, 6) is 0.316. The van der Waals surface area contributed by atoms with E-state index in [-0.39, 0.29) is 12.6 Å². The van der Waals surface area contributed by atoms with Crippen LogP contribution in [0, 0.1) is 18.3 Å². The predicted molar refractivity (Wildman–Crippen MR) is 132 cm³/mol. The lowest BCUT2D eigenvalue weighted by Crippen LogP contribution is -2.49. The Balaban J connectivity index is 1.58. The molecule has 0 unspecified atom stereocenters. The summed E-state index contributed by atoms with van der Waals surface area (Å²) in [4.78, 5) is 9.19. The maximum atomic E-state index is 9.77. The first-order chi connectivity index (χ1) is 16.0. The van der Waals surface area contributed by atoms with E-state index in [1.165, 1.54) is 11.1 Å². The molecule has 6 heteroatoms. The van der Waals surface area contributed by atoms with Crippen LogP contribution in [0.1, 0.15) is 46.8 Å². The Labute approximate surface area is 200 Å². The summed E-state index contributed by atoms with van der Waals surface area (Å²) in [6, 6.07) is 20.6. The van der Waals surface area contributed by atoms with Gasteiger partial charge in [0, 0.05) is 37.4 Å². The first kappa shape index (κ1) is 23.3. The number of aliphatic hydroxyl groups excluding tert-OH is 1. The van der Waals surface area contributed by atoms with Crippen LogP contribution < -0.4 is 4.90 Å². The Morgan fingerprint density at radius 1 is 1.15 bits per heavy atom. The van der Waals surface area contributed by atoms with Gasteiger partial charge in [0.05, 0.1) is 29.6 Å². The second-order valence-corrected chi connectivity index (χ2v) is 9.23. The van der Waals surface area contributed by atoms with E-state index in [9.17, 15) is 10.4 Å². The third kappa shape index (κ3) is 5.36. The molecule has 0 bridgehead atoms. The molecule has 0 spiro atoms. The van der Waals surface area contributed by atoms with Gasteiger partial charge in [0.1, 0.15) is 6.07 Å². The zero-order chi connectivity index (χ0) is 23.4. The van der Waals surface area contributed by atoms with Gasteiger partial charge in [0.15, 0.2) is 0 Å². The fourth-order valence-electron chi connectivity index (χ4n) is 4.57. The van der Waals surface area contributed by atoms with Gasteiger partial charge >= 0.3 is 0 Å². The number of piperazine rings is 1. The van der Waals surface area contributed by atoms with Crippen molar-refractivity contribution in [1.29, 1.82) is 5.26 Å². The number of anilines is 1. The van der Waals surface area contributed by atoms with Crippen molar-refractivity contribution in [2.45, 2.75) is 32.4 Å². The number of nitriles is 1. The highest BCUT2D eigenvalue weighted by atomic mass is 35.5. The molecule has 33 heavy (non-hydrogen) atoms. The number of halogens is 1. The summed E-state index contributed by atoms with van der Waals surface area (Å²) in [6.45, 7) is 7.71. The lowest BCUT2D eigenvalue weighted by atomic mass is 9.97. The van der Waals surface area contributed by atoms with Gasteiger partial charge in [0.25, 0.3) is 0 Å². The molecule has 1 aromatic heterocycles. The van der Waals surface area contributed by atoms with E-state index in [2.05, 4.69) is 58.1 Å². The minimum absolute atomic E-state index is 0.0386. The summed E-state index contributed by atoms with van der Waals surface area (Å²) in [5.41, 5.74) is 5.84. The van der Waals surface area contributed by atoms with Gasteiger partial charge in [0.2, 0.25) is 0 Å². The van der Waals surface area contributed by atoms with Gasteiger partial charge in [-0.2, -0.15) is 5.26 Å². The van der Waals surface area contributed by atoms with Crippen molar-refractivity contribution in [1.82, 2.24) is 9.88 Å². The third-order valence-corrected chi connectivity index (χ3v) is 6.66. The highest BCUT2D eigenvalue weighted by molar-refractivity contribution is 6.30. The SMILES string of the molecule is Cc1ccc(N2CCN(C[C@H](C)c3ccc(CO)nc3)C[C@H]2c2ccc(Cl)cc2)c(C#N)c1. The lowest BCUT2D eigenvalue weighted by Gasteiger charge is -2.44. The van der Waals surface area contributed by atoms with Gasteiger partial charge in [-0.05, 0) is 59.9 Å². The predicted octanol–water partition coefficient (Wildman–Crippen LogP) is 5.07. The standard InChI is InChI=1S/C27H29ClN4O/c1-19-3-10-26(23(13-19)14-29)32-12-11-31(17-27(32)21-4-7-24(28)8-5-21)16-20(2)22-6-9-25(18-33)30-15-22/h3-10,13,15,20,27,33H,11-12,16-18H2,1-2H3/t20-,27-/m0/s1. The molecule has 1 saturated heterocycles. The van der Waals surface area contributed by atoms with Crippen LogP contribution in [-0.2, 0) is 6.61 Å². The zero-order valence-corrected chi connectivity index (χ0v) is 19.8. The van der Waals surface area contributed by atoms with Crippen molar-refractivity contribution in [2.75, 3.05) is 31.1 Å². The maximum Gasteiger partial charge on any atom is 0.101 e. The van der Waals surface area contributed by atoms with Gasteiger partial charge in [-0.25, -0.2) is 0 Å². The molecule has 1 N–H and O–H groups in total. The molecule has 2 atom stereocenters. The molecule has 2 aromatic carbocycles. The average Bonchev–Trinajstić information content (AvgIpc) is 2.84. The number of aromatic nitrogens is 1. The highest BCUT2D eigenvalue weighted by Crippen LogP contribution is 2.34. The third-order valence-electron chi connectivity index (χ3n) is 6.41. The fraction of sp³-hybridized carbons (Fsp3) is 0.333. The molecule has 1 aliphatic heterocycles. The van der Waals surface area contributed by atoms with Crippen LogP contribution in [0.15, 0.2) is 60.8 Å². The topological polar surface area (TPSA) is 63.4 Å². The quantitative estimate of drug-likeness (QED) is 0.556. The molecule has 1 aliphatic rings. The largest absolute Gasteiger partial charge is 0.390 e. The van der Waals surface area contributed by atoms with Crippen LogP contribution in [0.5, 0.6) is 0 Å². The molecule has 3 aromatic rings. The lowest BCUT2D eigenvalue weighted by molar-refractivity contribution is 0.213. The summed E-state index contributed by atoms with van der Waals surface area (Å²) in [6.07, 6.45) is 1.87. The van der Waals surface area contributed by atoms with Crippen LogP contribution in [0.3, 0.4) is 0 Å². The normalized spacial score (nSPS) is 17.5. The number of aryl methyl sites for hydroxylation is 1. The molecule has 1 fully saturated rings. The van der Waals surface area contributed by atoms with Crippen molar-refractivity contribution >= 4 is 17.3 Å². The van der Waals surface area contributed by atoms with Crippen molar-refractivity contribution < 1.29 is 5.11 Å². The summed E-state index contributed by atoms with van der Waals surface area (Å²) in [7, 11) is 0. The zero-order valence-electron chi connectivity index (χ0n) is 19.1. The van der Waals surface area contributed by atoms with Crippen LogP contribution in [0.2, 0.25) is 5.02 Å². The van der Waals surface area contributed by atoms with Crippen LogP contribution in [0.4, 0.5) is 5.69 Å². The highest BCUT2D eigenvalue weighted by Gasteiger charge is 2.30. The van der Waals surface area contributed by atoms with E-state index >= 15 is 0 Å². The molecule has 0 aliphatic carbocycles. The van der Waals surface area contributed by atoms with E-state index in [0.717, 1.165) is 42.5 Å². The second kappa shape index (κ2) is 10.4. The summed E-state index contributed by atoms with van der Waals surface area (Å²) >= 11 is 6.17. The van der Waals surface area contributed by atoms with E-state index in [1.54, 1.807) is 0 Å². The first-order valence-corrected chi connectivity index (χ1v) is 11.7. The van der Waals surface area contributed by atoms with Crippen molar-refractivity contribution in [2.24, 2.45) is 0 Å². The first-order valence-electron chi connectivity index (χ1n) is 11.3. The minimum Gasteiger partial charge on any atom is -0.390 e. The summed E-state index contributed by atoms with van der Waals surface area (Å²) < 4.78 is 0. The smallest absolute Gasteiger partial charge is 0.101 e. The maximum absolute atomic E-state index is 9.77. The Morgan fingerprint density at radius 3 is 2.61 bits per heavy atom. The van der Waals surface area contributed by atoms with E-state index in [0.29, 0.717) is 17.2 Å². The Kier molecular flexibility index (Phi) is 7.29. The van der Waals surface area contributed by atoms with Gasteiger partial charge in [-0.1, -0.05) is 42.8 Å². The molecule has 0 radical (unpaired) electrons. The molecule has 0 amide bonds. The number of nitrogens with zero attached hydrogens (tertiary/aromatic N) is 4. The van der Waals surface area contributed by atoms with E-state index in [1.807, 2.05) is 37.4 Å². The number of pyridine rings is 1. The van der Waals surface area contributed by atoms with E-state index < -0.39 is 0 Å². The van der Waals surface area contributed by atoms with Crippen molar-refractivity contribution in [3.63, 3.8) is 0 Å². The molecule has 170 valence electrons. The Hall–Kier alpha value is -2.91. The summed E-state index contributed by atoms with van der Waals surface area (Å²) in [5, 5.41) is 19.7. The number of hydrogen-bond donors (Lipinski definition) is 1. The average molecular weight is 461 g/mol. The monoisotopic (exact) mass is 460 g/mol. The second-order valence-electron chi connectivity index (χ2n) is 8.79. The van der Waals surface area contributed by atoms with Gasteiger partial charge in [-0.3, -0.25) is 9.88 Å². The minimum atomic E-state index is -0.0386. The van der Waals surface area contributed by atoms with Crippen LogP contribution in [-0.4, -0.2) is 41.2 Å². The number of hydrogen-bond acceptors (Lipinski definition) is 5. The van der Waals surface area contributed by atoms with Crippen LogP contribution >= 0.6 is 11.6 Å². The van der Waals surface area contributed by atoms with Gasteiger partial charge in [-0.15, -0.1) is 0 Å². The van der Waals surface area contributed by atoms with Crippen molar-refractivity contribution in [3.05, 3.63) is 93.8 Å². The fourth-order valence-corrected chi connectivity index (χ4v) is 4.69. The van der Waals surface area contributed by atoms with Gasteiger partial charge < -0.3 is 10.0 Å². The number of aliphatic hydroxyl groups is 1. The Morgan fingerprint density at radius 2 is 1.94 bits per heavy atom. The Bertz CT molecular complexity index is 1120. The number of rotatable bonds is 6. The molecule has 2 heterocycles. The molecule has 4 rings (SSSR count). The van der Waals surface area contributed by atoms with Crippen molar-refractivity contribution in [3.8, 4) is 6.07 Å². The number of benzene rings is 2. The molecule has 5 nitrogen and oxygen atoms in total. The van der Waals surface area contributed by atoms with Crippen LogP contribution in [0.25, 0.3) is 0 Å². The molecular formula is C27H29ClN4O. The molecular weight excluding hydrogens is 432 g/mol. The molecule has 0 saturated carbocycles.